The minimum atomic E-state index is -0.133. The molecule has 0 saturated heterocycles. The van der Waals surface area contributed by atoms with Gasteiger partial charge in [-0.05, 0) is 23.6 Å². The molecule has 3 aromatic heterocycles. The van der Waals surface area contributed by atoms with Crippen LogP contribution in [0.3, 0.4) is 0 Å². The lowest BCUT2D eigenvalue weighted by Crippen LogP contribution is -2.21. The van der Waals surface area contributed by atoms with Gasteiger partial charge in [0.05, 0.1) is 11.1 Å². The van der Waals surface area contributed by atoms with Crippen molar-refractivity contribution in [3.05, 3.63) is 63.6 Å². The maximum absolute atomic E-state index is 12.9. The van der Waals surface area contributed by atoms with Crippen LogP contribution in [0.5, 0.6) is 0 Å². The normalized spacial score (nSPS) is 11.0. The highest BCUT2D eigenvalue weighted by Gasteiger charge is 2.17. The smallest absolute Gasteiger partial charge is 0.263 e. The van der Waals surface area contributed by atoms with Gasteiger partial charge in [0, 0.05) is 28.6 Å². The van der Waals surface area contributed by atoms with E-state index in [0.29, 0.717) is 15.4 Å². The molecule has 0 saturated carbocycles. The minimum absolute atomic E-state index is 0.0874. The molecule has 0 aliphatic heterocycles. The molecule has 0 spiro atoms. The Bertz CT molecular complexity index is 1150. The average molecular weight is 414 g/mol. The van der Waals surface area contributed by atoms with Crippen LogP contribution >= 0.6 is 34.4 Å². The summed E-state index contributed by atoms with van der Waals surface area (Å²) in [7, 11) is 1.70. The zero-order valence-electron chi connectivity index (χ0n) is 14.3. The van der Waals surface area contributed by atoms with Crippen molar-refractivity contribution in [1.82, 2.24) is 9.55 Å². The lowest BCUT2D eigenvalue weighted by molar-refractivity contribution is -0.113. The second kappa shape index (κ2) is 7.67. The number of carbonyl (C=O) groups excluding carboxylic acids is 1. The number of thioether (sulfide) groups is 1. The van der Waals surface area contributed by atoms with Crippen LogP contribution in [-0.4, -0.2) is 21.2 Å². The number of benzene rings is 1. The van der Waals surface area contributed by atoms with Crippen molar-refractivity contribution in [3.8, 4) is 10.4 Å². The van der Waals surface area contributed by atoms with Gasteiger partial charge in [0.15, 0.2) is 5.16 Å². The van der Waals surface area contributed by atoms with Gasteiger partial charge in [0.2, 0.25) is 5.91 Å². The molecular formula is C19H15N3O2S3. The molecule has 8 heteroatoms. The third-order valence-corrected chi connectivity index (χ3v) is 6.76. The monoisotopic (exact) mass is 413 g/mol. The molecule has 4 aromatic rings. The summed E-state index contributed by atoms with van der Waals surface area (Å²) in [5.41, 5.74) is 1.59. The molecule has 0 unspecified atom stereocenters. The number of carbonyl (C=O) groups is 1. The summed E-state index contributed by atoms with van der Waals surface area (Å²) in [6, 6.07) is 13.3. The molecule has 1 aromatic carbocycles. The molecule has 0 atom stereocenters. The molecule has 0 aliphatic rings. The van der Waals surface area contributed by atoms with Crippen molar-refractivity contribution in [1.29, 1.82) is 0 Å². The van der Waals surface area contributed by atoms with Gasteiger partial charge >= 0.3 is 0 Å². The highest BCUT2D eigenvalue weighted by Crippen LogP contribution is 2.34. The standard InChI is InChI=1S/C19H15N3O2S3/c1-22-18(24)16-13(14-8-5-9-25-14)10-26-17(16)21-19(22)27-11-15(23)20-12-6-3-2-4-7-12/h2-10H,11H2,1H3,(H,20,23). The Morgan fingerprint density at radius 3 is 2.74 bits per heavy atom. The SMILES string of the molecule is Cn1c(SCC(=O)Nc2ccccc2)nc2scc(-c3cccs3)c2c1=O. The Hall–Kier alpha value is -2.42. The lowest BCUT2D eigenvalue weighted by Gasteiger charge is -2.08. The Kier molecular flexibility index (Phi) is 5.11. The number of nitrogens with zero attached hydrogens (tertiary/aromatic N) is 2. The largest absolute Gasteiger partial charge is 0.325 e. The summed E-state index contributed by atoms with van der Waals surface area (Å²) in [6.45, 7) is 0. The first-order valence-electron chi connectivity index (χ1n) is 8.13. The molecule has 1 amide bonds. The Morgan fingerprint density at radius 1 is 1.19 bits per heavy atom. The molecule has 3 heterocycles. The van der Waals surface area contributed by atoms with E-state index >= 15 is 0 Å². The van der Waals surface area contributed by atoms with Crippen molar-refractivity contribution in [3.63, 3.8) is 0 Å². The number of rotatable bonds is 5. The Morgan fingerprint density at radius 2 is 2.00 bits per heavy atom. The van der Waals surface area contributed by atoms with E-state index in [0.717, 1.165) is 16.1 Å². The lowest BCUT2D eigenvalue weighted by atomic mass is 10.2. The minimum Gasteiger partial charge on any atom is -0.325 e. The van der Waals surface area contributed by atoms with Crippen LogP contribution in [0.2, 0.25) is 0 Å². The molecule has 0 aliphatic carbocycles. The fourth-order valence-corrected chi connectivity index (χ4v) is 5.22. The fraction of sp³-hybridized carbons (Fsp3) is 0.105. The van der Waals surface area contributed by atoms with Crippen LogP contribution in [-0.2, 0) is 11.8 Å². The van der Waals surface area contributed by atoms with Crippen molar-refractivity contribution in [2.75, 3.05) is 11.1 Å². The molecule has 0 radical (unpaired) electrons. The van der Waals surface area contributed by atoms with Crippen molar-refractivity contribution >= 4 is 56.2 Å². The van der Waals surface area contributed by atoms with E-state index in [2.05, 4.69) is 10.3 Å². The van der Waals surface area contributed by atoms with Crippen molar-refractivity contribution in [2.45, 2.75) is 5.16 Å². The molecule has 4 rings (SSSR count). The highest BCUT2D eigenvalue weighted by molar-refractivity contribution is 7.99. The summed E-state index contributed by atoms with van der Waals surface area (Å²) < 4.78 is 1.52. The molecule has 0 fully saturated rings. The van der Waals surface area contributed by atoms with Crippen LogP contribution in [0.25, 0.3) is 20.7 Å². The van der Waals surface area contributed by atoms with Crippen LogP contribution in [0.15, 0.2) is 63.2 Å². The van der Waals surface area contributed by atoms with Gasteiger partial charge in [-0.3, -0.25) is 14.2 Å². The van der Waals surface area contributed by atoms with E-state index in [1.165, 1.54) is 27.7 Å². The molecular weight excluding hydrogens is 398 g/mol. The first kappa shape index (κ1) is 18.0. The van der Waals surface area contributed by atoms with E-state index < -0.39 is 0 Å². The number of anilines is 1. The second-order valence-electron chi connectivity index (χ2n) is 5.77. The fourth-order valence-electron chi connectivity index (χ4n) is 2.64. The van der Waals surface area contributed by atoms with E-state index in [9.17, 15) is 9.59 Å². The zero-order valence-corrected chi connectivity index (χ0v) is 16.8. The van der Waals surface area contributed by atoms with Gasteiger partial charge in [-0.2, -0.15) is 0 Å². The first-order chi connectivity index (χ1) is 13.1. The number of aromatic nitrogens is 2. The number of fused-ring (bicyclic) bond motifs is 1. The Labute approximate surface area is 167 Å². The summed E-state index contributed by atoms with van der Waals surface area (Å²) in [4.78, 5) is 31.4. The van der Waals surface area contributed by atoms with Gasteiger partial charge in [0.1, 0.15) is 4.83 Å². The zero-order chi connectivity index (χ0) is 18.8. The number of amides is 1. The third kappa shape index (κ3) is 3.69. The predicted molar refractivity (Wildman–Crippen MR) is 114 cm³/mol. The molecule has 1 N–H and O–H groups in total. The van der Waals surface area contributed by atoms with Crippen molar-refractivity contribution < 1.29 is 4.79 Å². The van der Waals surface area contributed by atoms with Crippen molar-refractivity contribution in [2.24, 2.45) is 7.05 Å². The number of para-hydroxylation sites is 1. The van der Waals surface area contributed by atoms with Crippen LogP contribution in [0.1, 0.15) is 0 Å². The molecule has 0 bridgehead atoms. The van der Waals surface area contributed by atoms with Gasteiger partial charge < -0.3 is 5.32 Å². The number of hydrogen-bond acceptors (Lipinski definition) is 6. The van der Waals surface area contributed by atoms with Crippen LogP contribution < -0.4 is 10.9 Å². The van der Waals surface area contributed by atoms with Crippen LogP contribution in [0.4, 0.5) is 5.69 Å². The summed E-state index contributed by atoms with van der Waals surface area (Å²) in [5, 5.41) is 7.98. The molecule has 27 heavy (non-hydrogen) atoms. The topological polar surface area (TPSA) is 64.0 Å². The van der Waals surface area contributed by atoms with Gasteiger partial charge in [-0.1, -0.05) is 36.0 Å². The van der Waals surface area contributed by atoms with E-state index in [1.807, 2.05) is 53.2 Å². The number of nitrogens with one attached hydrogen (secondary N) is 1. The maximum Gasteiger partial charge on any atom is 0.263 e. The maximum atomic E-state index is 12.9. The highest BCUT2D eigenvalue weighted by atomic mass is 32.2. The van der Waals surface area contributed by atoms with E-state index in [1.54, 1.807) is 18.4 Å². The van der Waals surface area contributed by atoms with Gasteiger partial charge in [-0.15, -0.1) is 22.7 Å². The van der Waals surface area contributed by atoms with Crippen LogP contribution in [0, 0.1) is 0 Å². The van der Waals surface area contributed by atoms with Gasteiger partial charge in [0.25, 0.3) is 5.56 Å². The summed E-state index contributed by atoms with van der Waals surface area (Å²) in [5.74, 6) is 0.0510. The van der Waals surface area contributed by atoms with E-state index in [-0.39, 0.29) is 17.2 Å². The summed E-state index contributed by atoms with van der Waals surface area (Å²) in [6.07, 6.45) is 0. The Balaban J connectivity index is 1.57. The predicted octanol–water partition coefficient (Wildman–Crippen LogP) is 4.45. The molecule has 136 valence electrons. The summed E-state index contributed by atoms with van der Waals surface area (Å²) >= 11 is 4.32. The van der Waals surface area contributed by atoms with E-state index in [4.69, 9.17) is 0 Å². The first-order valence-corrected chi connectivity index (χ1v) is 10.9. The number of hydrogen-bond donors (Lipinski definition) is 1. The molecule has 5 nitrogen and oxygen atoms in total. The quantitative estimate of drug-likeness (QED) is 0.388. The second-order valence-corrected chi connectivity index (χ2v) is 8.52. The third-order valence-electron chi connectivity index (χ3n) is 3.95. The number of thiophene rings is 2. The van der Waals surface area contributed by atoms with Gasteiger partial charge in [-0.25, -0.2) is 4.98 Å². The average Bonchev–Trinajstić information content (AvgIpc) is 3.33.